The van der Waals surface area contributed by atoms with Crippen LogP contribution in [0.25, 0.3) is 0 Å². The summed E-state index contributed by atoms with van der Waals surface area (Å²) < 4.78 is 109. The average Bonchev–Trinajstić information content (AvgIpc) is 2.62. The third-order valence-corrected chi connectivity index (χ3v) is 4.34. The first-order valence-electron chi connectivity index (χ1n) is 12.0. The Morgan fingerprint density at radius 3 is 2.69 bits per heavy atom. The Morgan fingerprint density at radius 2 is 2.00 bits per heavy atom. The topological polar surface area (TPSA) is 30.8 Å². The molecule has 1 unspecified atom stereocenters. The van der Waals surface area contributed by atoms with Crippen LogP contribution in [0.1, 0.15) is 41.3 Å². The molecular weight excluding hydrogens is 343 g/mol. The highest BCUT2D eigenvalue weighted by Crippen LogP contribution is 2.35. The minimum Gasteiger partial charge on any atom is -0.493 e. The van der Waals surface area contributed by atoms with Gasteiger partial charge in [-0.2, -0.15) is 13.2 Å². The summed E-state index contributed by atoms with van der Waals surface area (Å²) in [6.07, 6.45) is -3.40. The quantitative estimate of drug-likeness (QED) is 0.735. The van der Waals surface area contributed by atoms with Gasteiger partial charge >= 0.3 is 6.18 Å². The van der Waals surface area contributed by atoms with Gasteiger partial charge in [-0.05, 0) is 43.3 Å². The van der Waals surface area contributed by atoms with Crippen LogP contribution in [0.5, 0.6) is 11.5 Å². The van der Waals surface area contributed by atoms with Gasteiger partial charge in [0.2, 0.25) is 0 Å². The first-order valence-corrected chi connectivity index (χ1v) is 8.00. The predicted octanol–water partition coefficient (Wildman–Crippen LogP) is 4.89. The summed E-state index contributed by atoms with van der Waals surface area (Å²) in [6, 6.07) is 2.73. The lowest BCUT2D eigenvalue weighted by Gasteiger charge is -2.21. The highest BCUT2D eigenvalue weighted by atomic mass is 19.4. The van der Waals surface area contributed by atoms with Gasteiger partial charge in [-0.3, -0.25) is 4.99 Å². The third-order valence-electron chi connectivity index (χ3n) is 4.34. The Labute approximate surface area is 162 Å². The molecule has 1 aromatic rings. The SMILES string of the molecule is [2H]C([2H])([2H])Oc1cc2c(cc1OC([2H])([2H])[2H])C(CCC1=CC([2H])([2H])C(C(F)(F)F)C=C1)=NCC2. The van der Waals surface area contributed by atoms with Crippen LogP contribution in [0.2, 0.25) is 0 Å². The fourth-order valence-electron chi connectivity index (χ4n) is 2.99. The lowest BCUT2D eigenvalue weighted by atomic mass is 9.90. The molecule has 140 valence electrons. The normalized spacial score (nSPS) is 27.0. The Balaban J connectivity index is 1.85. The maximum Gasteiger partial charge on any atom is 0.395 e. The largest absolute Gasteiger partial charge is 0.493 e. The van der Waals surface area contributed by atoms with Crippen molar-refractivity contribution in [1.29, 1.82) is 0 Å². The number of fused-ring (bicyclic) bond motifs is 1. The maximum absolute atomic E-state index is 13.1. The molecule has 0 bridgehead atoms. The fraction of sp³-hybridized carbons (Fsp3) is 0.450. The van der Waals surface area contributed by atoms with Crippen molar-refractivity contribution in [2.45, 2.75) is 31.8 Å². The molecule has 0 fully saturated rings. The molecule has 0 N–H and O–H groups in total. The van der Waals surface area contributed by atoms with Crippen LogP contribution in [0.4, 0.5) is 13.2 Å². The molecule has 1 aliphatic carbocycles. The molecule has 1 atom stereocenters. The van der Waals surface area contributed by atoms with E-state index < -0.39 is 32.5 Å². The number of methoxy groups -OCH3 is 2. The van der Waals surface area contributed by atoms with E-state index in [2.05, 4.69) is 4.99 Å². The highest BCUT2D eigenvalue weighted by Gasteiger charge is 2.37. The van der Waals surface area contributed by atoms with E-state index >= 15 is 0 Å². The second-order valence-corrected chi connectivity index (χ2v) is 6.00. The number of nitrogens with zero attached hydrogens (tertiary/aromatic N) is 1. The summed E-state index contributed by atoms with van der Waals surface area (Å²) in [4.78, 5) is 4.43. The number of rotatable bonds is 5. The molecule has 26 heavy (non-hydrogen) atoms. The van der Waals surface area contributed by atoms with Gasteiger partial charge in [0.15, 0.2) is 11.5 Å². The zero-order valence-electron chi connectivity index (χ0n) is 21.7. The van der Waals surface area contributed by atoms with Gasteiger partial charge in [-0.1, -0.05) is 23.8 Å². The fourth-order valence-corrected chi connectivity index (χ4v) is 2.99. The number of hydrogen-bond donors (Lipinski definition) is 0. The molecule has 0 saturated carbocycles. The van der Waals surface area contributed by atoms with E-state index in [0.717, 1.165) is 12.2 Å². The molecule has 3 rings (SSSR count). The van der Waals surface area contributed by atoms with E-state index in [1.165, 1.54) is 18.2 Å². The van der Waals surface area contributed by atoms with Gasteiger partial charge in [-0.25, -0.2) is 0 Å². The van der Waals surface area contributed by atoms with Crippen molar-refractivity contribution in [1.82, 2.24) is 0 Å². The third kappa shape index (κ3) is 3.94. The van der Waals surface area contributed by atoms with Crippen molar-refractivity contribution in [2.24, 2.45) is 10.9 Å². The average molecular weight is 373 g/mol. The lowest BCUT2D eigenvalue weighted by molar-refractivity contribution is -0.160. The highest BCUT2D eigenvalue weighted by molar-refractivity contribution is 6.03. The number of aliphatic imine (C=N–C) groups is 1. The Kier molecular flexibility index (Phi) is 3.14. The van der Waals surface area contributed by atoms with E-state index in [9.17, 15) is 13.2 Å². The maximum atomic E-state index is 13.1. The molecule has 0 radical (unpaired) electrons. The second-order valence-electron chi connectivity index (χ2n) is 6.00. The van der Waals surface area contributed by atoms with Gasteiger partial charge in [-0.15, -0.1) is 0 Å². The summed E-state index contributed by atoms with van der Waals surface area (Å²) >= 11 is 0. The van der Waals surface area contributed by atoms with Crippen LogP contribution in [0, 0.1) is 5.92 Å². The zero-order chi connectivity index (χ0) is 25.5. The van der Waals surface area contributed by atoms with E-state index in [4.69, 9.17) is 20.4 Å². The van der Waals surface area contributed by atoms with Crippen LogP contribution in [-0.4, -0.2) is 32.5 Å². The number of hydrogen-bond acceptors (Lipinski definition) is 3. The predicted molar refractivity (Wildman–Crippen MR) is 95.3 cm³/mol. The van der Waals surface area contributed by atoms with Crippen LogP contribution in [0.15, 0.2) is 40.9 Å². The summed E-state index contributed by atoms with van der Waals surface area (Å²) in [5.41, 5.74) is 2.06. The number of alkyl halides is 3. The van der Waals surface area contributed by atoms with E-state index in [-0.39, 0.29) is 24.3 Å². The summed E-state index contributed by atoms with van der Waals surface area (Å²) in [5, 5.41) is 0. The first-order chi connectivity index (χ1) is 15.4. The summed E-state index contributed by atoms with van der Waals surface area (Å²) in [6.45, 7) is 0.362. The van der Waals surface area contributed by atoms with Crippen LogP contribution < -0.4 is 9.47 Å². The minimum absolute atomic E-state index is 0.196. The molecule has 0 amide bonds. The van der Waals surface area contributed by atoms with Gasteiger partial charge in [0, 0.05) is 20.6 Å². The number of ether oxygens (including phenoxy) is 2. The van der Waals surface area contributed by atoms with Crippen molar-refractivity contribution in [3.05, 3.63) is 47.1 Å². The molecule has 0 spiro atoms. The standard InChI is InChI=1S/C20H22F3NO2/c1-25-18-11-14-9-10-24-17(16(14)12-19(18)26-2)8-5-13-3-6-15(7-4-13)20(21,22)23/h3-4,6,11-12,15H,5,7-10H2,1-2H3/i1D3,2D3,7D2. The zero-order valence-corrected chi connectivity index (χ0v) is 13.7. The number of benzene rings is 1. The molecule has 6 heteroatoms. The Morgan fingerprint density at radius 1 is 1.23 bits per heavy atom. The molecule has 1 aliphatic heterocycles. The van der Waals surface area contributed by atoms with Crippen molar-refractivity contribution in [3.8, 4) is 11.5 Å². The Bertz CT molecular complexity index is 1030. The monoisotopic (exact) mass is 373 g/mol. The summed E-state index contributed by atoms with van der Waals surface area (Å²) in [7, 11) is -5.70. The summed E-state index contributed by atoms with van der Waals surface area (Å²) in [5.74, 6) is -2.78. The van der Waals surface area contributed by atoms with E-state index in [1.54, 1.807) is 0 Å². The molecule has 1 heterocycles. The van der Waals surface area contributed by atoms with Gasteiger partial charge in [0.05, 0.1) is 28.2 Å². The van der Waals surface area contributed by atoms with E-state index in [0.29, 0.717) is 35.4 Å². The van der Waals surface area contributed by atoms with Crippen LogP contribution in [0.3, 0.4) is 0 Å². The van der Waals surface area contributed by atoms with Crippen molar-refractivity contribution in [3.63, 3.8) is 0 Å². The molecule has 3 nitrogen and oxygen atoms in total. The lowest BCUT2D eigenvalue weighted by Crippen LogP contribution is -2.21. The van der Waals surface area contributed by atoms with Crippen molar-refractivity contribution < 1.29 is 33.6 Å². The molecule has 1 aromatic carbocycles. The molecular formula is C20H22F3NO2. The Hall–Kier alpha value is -2.24. The molecule has 0 saturated heterocycles. The van der Waals surface area contributed by atoms with Gasteiger partial charge in [0.1, 0.15) is 0 Å². The van der Waals surface area contributed by atoms with Crippen LogP contribution in [-0.2, 0) is 6.42 Å². The molecule has 0 aromatic heterocycles. The smallest absolute Gasteiger partial charge is 0.395 e. The van der Waals surface area contributed by atoms with Crippen LogP contribution >= 0.6 is 0 Å². The van der Waals surface area contributed by atoms with Gasteiger partial charge in [0.25, 0.3) is 0 Å². The van der Waals surface area contributed by atoms with E-state index in [1.807, 2.05) is 0 Å². The van der Waals surface area contributed by atoms with Gasteiger partial charge < -0.3 is 9.47 Å². The number of allylic oxidation sites excluding steroid dienone is 4. The molecule has 2 aliphatic rings. The van der Waals surface area contributed by atoms with Crippen molar-refractivity contribution >= 4 is 5.71 Å². The first kappa shape index (κ1) is 10.8. The number of halogens is 3. The van der Waals surface area contributed by atoms with Crippen molar-refractivity contribution in [2.75, 3.05) is 20.6 Å². The second kappa shape index (κ2) is 7.56. The minimum atomic E-state index is -4.71.